The van der Waals surface area contributed by atoms with Gasteiger partial charge in [0.15, 0.2) is 0 Å². The summed E-state index contributed by atoms with van der Waals surface area (Å²) in [4.78, 5) is 0. The molecule has 2 heterocycles. The number of anilines is 1. The van der Waals surface area contributed by atoms with Gasteiger partial charge in [0.25, 0.3) is 0 Å². The van der Waals surface area contributed by atoms with E-state index in [0.29, 0.717) is 5.92 Å². The molecule has 3 rings (SSSR count). The molecule has 0 aliphatic carbocycles. The van der Waals surface area contributed by atoms with Crippen LogP contribution in [-0.4, -0.2) is 19.6 Å². The van der Waals surface area contributed by atoms with Gasteiger partial charge >= 0.3 is 0 Å². The highest BCUT2D eigenvalue weighted by atomic mass is 14.9. The number of hydrogen-bond donors (Lipinski definition) is 2. The van der Waals surface area contributed by atoms with Gasteiger partial charge < -0.3 is 10.6 Å². The van der Waals surface area contributed by atoms with Crippen molar-refractivity contribution in [3.8, 4) is 0 Å². The first-order valence-electron chi connectivity index (χ1n) is 6.43. The highest BCUT2D eigenvalue weighted by molar-refractivity contribution is 5.59. The Bertz CT molecular complexity index is 380. The predicted molar refractivity (Wildman–Crippen MR) is 68.2 cm³/mol. The number of rotatable bonds is 1. The Morgan fingerprint density at radius 1 is 1.19 bits per heavy atom. The summed E-state index contributed by atoms with van der Waals surface area (Å²) >= 11 is 0. The molecule has 0 radical (unpaired) electrons. The Kier molecular flexibility index (Phi) is 2.60. The maximum Gasteiger partial charge on any atom is 0.0376 e. The first-order valence-corrected chi connectivity index (χ1v) is 6.43. The van der Waals surface area contributed by atoms with Crippen LogP contribution in [0.15, 0.2) is 18.2 Å². The molecule has 0 bridgehead atoms. The molecule has 86 valence electrons. The van der Waals surface area contributed by atoms with Crippen LogP contribution in [0.25, 0.3) is 0 Å². The van der Waals surface area contributed by atoms with Crippen molar-refractivity contribution in [1.29, 1.82) is 0 Å². The summed E-state index contributed by atoms with van der Waals surface area (Å²) in [6.45, 7) is 5.77. The highest BCUT2D eigenvalue weighted by Gasteiger charge is 2.21. The molecule has 0 amide bonds. The van der Waals surface area contributed by atoms with Crippen LogP contribution in [0.4, 0.5) is 5.69 Å². The second-order valence-electron chi connectivity index (χ2n) is 5.15. The van der Waals surface area contributed by atoms with E-state index in [-0.39, 0.29) is 0 Å². The SMILES string of the molecule is CC1CNc2ccc(C3CCNCC3)cc21. The smallest absolute Gasteiger partial charge is 0.0376 e. The van der Waals surface area contributed by atoms with Crippen LogP contribution in [-0.2, 0) is 0 Å². The van der Waals surface area contributed by atoms with Crippen molar-refractivity contribution in [3.05, 3.63) is 29.3 Å². The minimum atomic E-state index is 0.677. The predicted octanol–water partition coefficient (Wildman–Crippen LogP) is 2.68. The molecule has 1 saturated heterocycles. The molecule has 0 saturated carbocycles. The zero-order chi connectivity index (χ0) is 11.0. The summed E-state index contributed by atoms with van der Waals surface area (Å²) < 4.78 is 0. The van der Waals surface area contributed by atoms with Crippen LogP contribution in [0.2, 0.25) is 0 Å². The van der Waals surface area contributed by atoms with Crippen molar-refractivity contribution >= 4 is 5.69 Å². The zero-order valence-corrected chi connectivity index (χ0v) is 9.92. The number of fused-ring (bicyclic) bond motifs is 1. The van der Waals surface area contributed by atoms with Crippen LogP contribution in [0, 0.1) is 0 Å². The maximum absolute atomic E-state index is 3.47. The third kappa shape index (κ3) is 1.71. The van der Waals surface area contributed by atoms with Crippen molar-refractivity contribution < 1.29 is 0 Å². The lowest BCUT2D eigenvalue weighted by atomic mass is 9.88. The fourth-order valence-electron chi connectivity index (χ4n) is 2.93. The maximum atomic E-state index is 3.47. The Hall–Kier alpha value is -1.02. The standard InChI is InChI=1S/C14H20N2/c1-10-9-16-14-3-2-12(8-13(10)14)11-4-6-15-7-5-11/h2-3,8,10-11,15-16H,4-7,9H2,1H3. The molecule has 16 heavy (non-hydrogen) atoms. The Labute approximate surface area is 97.4 Å². The minimum Gasteiger partial charge on any atom is -0.384 e. The van der Waals surface area contributed by atoms with Gasteiger partial charge in [-0.05, 0) is 49.0 Å². The van der Waals surface area contributed by atoms with Crippen LogP contribution >= 0.6 is 0 Å². The summed E-state index contributed by atoms with van der Waals surface area (Å²) in [5, 5.41) is 6.90. The lowest BCUT2D eigenvalue weighted by molar-refractivity contribution is 0.460. The Balaban J connectivity index is 1.88. The number of hydrogen-bond acceptors (Lipinski definition) is 2. The van der Waals surface area contributed by atoms with Crippen molar-refractivity contribution in [3.63, 3.8) is 0 Å². The molecular weight excluding hydrogens is 196 g/mol. The van der Waals surface area contributed by atoms with Gasteiger partial charge in [0, 0.05) is 18.2 Å². The third-order valence-corrected chi connectivity index (χ3v) is 4.02. The monoisotopic (exact) mass is 216 g/mol. The molecule has 2 aliphatic rings. The normalized spacial score (nSPS) is 25.2. The number of benzene rings is 1. The molecule has 1 atom stereocenters. The molecule has 1 fully saturated rings. The van der Waals surface area contributed by atoms with Crippen molar-refractivity contribution in [2.24, 2.45) is 0 Å². The summed E-state index contributed by atoms with van der Waals surface area (Å²) in [7, 11) is 0. The van der Waals surface area contributed by atoms with E-state index in [2.05, 4.69) is 35.8 Å². The fraction of sp³-hybridized carbons (Fsp3) is 0.571. The molecule has 0 spiro atoms. The van der Waals surface area contributed by atoms with E-state index in [1.54, 1.807) is 5.56 Å². The average molecular weight is 216 g/mol. The first kappa shape index (κ1) is 10.2. The number of piperidine rings is 1. The van der Waals surface area contributed by atoms with Gasteiger partial charge in [-0.2, -0.15) is 0 Å². The van der Waals surface area contributed by atoms with E-state index < -0.39 is 0 Å². The highest BCUT2D eigenvalue weighted by Crippen LogP contribution is 2.35. The minimum absolute atomic E-state index is 0.677. The Morgan fingerprint density at radius 2 is 2.00 bits per heavy atom. The van der Waals surface area contributed by atoms with E-state index in [9.17, 15) is 0 Å². The van der Waals surface area contributed by atoms with E-state index in [0.717, 1.165) is 12.5 Å². The van der Waals surface area contributed by atoms with Crippen LogP contribution in [0.3, 0.4) is 0 Å². The van der Waals surface area contributed by atoms with Gasteiger partial charge in [-0.1, -0.05) is 19.1 Å². The number of nitrogens with one attached hydrogen (secondary N) is 2. The molecule has 2 nitrogen and oxygen atoms in total. The summed E-state index contributed by atoms with van der Waals surface area (Å²) in [6, 6.07) is 7.03. The summed E-state index contributed by atoms with van der Waals surface area (Å²) in [6.07, 6.45) is 2.58. The van der Waals surface area contributed by atoms with Crippen molar-refractivity contribution in [2.75, 3.05) is 25.0 Å². The molecule has 1 aromatic rings. The van der Waals surface area contributed by atoms with Crippen molar-refractivity contribution in [2.45, 2.75) is 31.6 Å². The molecule has 1 unspecified atom stereocenters. The molecule has 2 aliphatic heterocycles. The van der Waals surface area contributed by atoms with Crippen LogP contribution in [0.1, 0.15) is 42.7 Å². The molecular formula is C14H20N2. The Morgan fingerprint density at radius 3 is 2.81 bits per heavy atom. The first-order chi connectivity index (χ1) is 7.84. The van der Waals surface area contributed by atoms with E-state index in [1.165, 1.54) is 37.2 Å². The van der Waals surface area contributed by atoms with Gasteiger partial charge in [-0.15, -0.1) is 0 Å². The van der Waals surface area contributed by atoms with Crippen molar-refractivity contribution in [1.82, 2.24) is 5.32 Å². The van der Waals surface area contributed by atoms with Crippen LogP contribution < -0.4 is 10.6 Å². The van der Waals surface area contributed by atoms with Crippen LogP contribution in [0.5, 0.6) is 0 Å². The fourth-order valence-corrected chi connectivity index (χ4v) is 2.93. The van der Waals surface area contributed by atoms with Gasteiger partial charge in [-0.3, -0.25) is 0 Å². The quantitative estimate of drug-likeness (QED) is 0.754. The summed E-state index contributed by atoms with van der Waals surface area (Å²) in [5.74, 6) is 1.45. The van der Waals surface area contributed by atoms with Gasteiger partial charge in [0.1, 0.15) is 0 Å². The van der Waals surface area contributed by atoms with E-state index in [1.807, 2.05) is 0 Å². The van der Waals surface area contributed by atoms with Gasteiger partial charge in [-0.25, -0.2) is 0 Å². The lowest BCUT2D eigenvalue weighted by Gasteiger charge is -2.23. The zero-order valence-electron chi connectivity index (χ0n) is 9.92. The van der Waals surface area contributed by atoms with Gasteiger partial charge in [0.05, 0.1) is 0 Å². The molecule has 2 N–H and O–H groups in total. The second-order valence-corrected chi connectivity index (χ2v) is 5.15. The second kappa shape index (κ2) is 4.10. The topological polar surface area (TPSA) is 24.1 Å². The molecule has 0 aromatic heterocycles. The molecule has 2 heteroatoms. The summed E-state index contributed by atoms with van der Waals surface area (Å²) in [5.41, 5.74) is 4.43. The van der Waals surface area contributed by atoms with Gasteiger partial charge in [0.2, 0.25) is 0 Å². The molecule has 1 aromatic carbocycles. The van der Waals surface area contributed by atoms with E-state index in [4.69, 9.17) is 0 Å². The average Bonchev–Trinajstić information content (AvgIpc) is 2.72. The third-order valence-electron chi connectivity index (χ3n) is 4.02. The largest absolute Gasteiger partial charge is 0.384 e. The van der Waals surface area contributed by atoms with E-state index >= 15 is 0 Å². The lowest BCUT2D eigenvalue weighted by Crippen LogP contribution is -2.26.